The Bertz CT molecular complexity index is 409. The number of ether oxygens (including phenoxy) is 1. The van der Waals surface area contributed by atoms with Gasteiger partial charge < -0.3 is 10.1 Å². The third kappa shape index (κ3) is 6.60. The zero-order valence-corrected chi connectivity index (χ0v) is 14.3. The molecule has 6 nitrogen and oxygen atoms in total. The van der Waals surface area contributed by atoms with E-state index in [4.69, 9.17) is 4.74 Å². The fourth-order valence-corrected chi connectivity index (χ4v) is 2.90. The SMILES string of the molecule is CC(C)(C)OC(=O)N(CCS)CC(=O)N[C@H]1CCSC1=O. The highest BCUT2D eigenvalue weighted by Crippen LogP contribution is 2.19. The summed E-state index contributed by atoms with van der Waals surface area (Å²) in [6, 6.07) is -0.445. The Morgan fingerprint density at radius 1 is 1.48 bits per heavy atom. The predicted octanol–water partition coefficient (Wildman–Crippen LogP) is 1.30. The Morgan fingerprint density at radius 3 is 2.62 bits per heavy atom. The number of amides is 2. The first-order valence-electron chi connectivity index (χ1n) is 6.77. The van der Waals surface area contributed by atoms with Gasteiger partial charge in [0, 0.05) is 18.1 Å². The van der Waals surface area contributed by atoms with Crippen molar-refractivity contribution < 1.29 is 19.1 Å². The van der Waals surface area contributed by atoms with Crippen molar-refractivity contribution in [2.75, 3.05) is 24.6 Å². The van der Waals surface area contributed by atoms with E-state index in [0.717, 1.165) is 5.75 Å². The van der Waals surface area contributed by atoms with Crippen molar-refractivity contribution in [2.45, 2.75) is 38.8 Å². The molecule has 1 rings (SSSR count). The van der Waals surface area contributed by atoms with Gasteiger partial charge in [0.15, 0.2) is 0 Å². The second-order valence-electron chi connectivity index (χ2n) is 5.70. The van der Waals surface area contributed by atoms with Crippen LogP contribution in [0.5, 0.6) is 0 Å². The molecular weight excluding hydrogens is 312 g/mol. The quantitative estimate of drug-likeness (QED) is 0.741. The normalized spacial score (nSPS) is 18.5. The Kier molecular flexibility index (Phi) is 6.86. The Balaban J connectivity index is 2.54. The molecule has 1 fully saturated rings. The molecular formula is C13H22N2O4S2. The van der Waals surface area contributed by atoms with Gasteiger partial charge in [0.2, 0.25) is 11.0 Å². The number of thiol groups is 1. The van der Waals surface area contributed by atoms with Gasteiger partial charge in [-0.3, -0.25) is 14.5 Å². The van der Waals surface area contributed by atoms with Gasteiger partial charge in [-0.15, -0.1) is 0 Å². The highest BCUT2D eigenvalue weighted by atomic mass is 32.2. The lowest BCUT2D eigenvalue weighted by Gasteiger charge is -2.27. The van der Waals surface area contributed by atoms with Crippen LogP contribution in [-0.2, 0) is 14.3 Å². The number of hydrogen-bond donors (Lipinski definition) is 2. The van der Waals surface area contributed by atoms with Crippen LogP contribution in [0.1, 0.15) is 27.2 Å². The average molecular weight is 334 g/mol. The average Bonchev–Trinajstić information content (AvgIpc) is 2.72. The third-order valence-electron chi connectivity index (χ3n) is 2.63. The minimum atomic E-state index is -0.625. The van der Waals surface area contributed by atoms with Crippen LogP contribution in [0.3, 0.4) is 0 Å². The summed E-state index contributed by atoms with van der Waals surface area (Å²) in [6.45, 7) is 5.46. The summed E-state index contributed by atoms with van der Waals surface area (Å²) in [5.41, 5.74) is -0.625. The van der Waals surface area contributed by atoms with Gasteiger partial charge in [0.25, 0.3) is 0 Å². The van der Waals surface area contributed by atoms with E-state index < -0.39 is 17.7 Å². The van der Waals surface area contributed by atoms with Gasteiger partial charge in [-0.2, -0.15) is 12.6 Å². The summed E-state index contributed by atoms with van der Waals surface area (Å²) in [5.74, 6) is 0.782. The largest absolute Gasteiger partial charge is 0.444 e. The van der Waals surface area contributed by atoms with E-state index >= 15 is 0 Å². The maximum atomic E-state index is 12.0. The van der Waals surface area contributed by atoms with E-state index in [2.05, 4.69) is 17.9 Å². The van der Waals surface area contributed by atoms with Crippen LogP contribution in [-0.4, -0.2) is 58.3 Å². The van der Waals surface area contributed by atoms with Crippen molar-refractivity contribution in [2.24, 2.45) is 0 Å². The molecule has 0 bridgehead atoms. The van der Waals surface area contributed by atoms with Crippen molar-refractivity contribution in [1.82, 2.24) is 10.2 Å². The third-order valence-corrected chi connectivity index (χ3v) is 3.84. The van der Waals surface area contributed by atoms with Gasteiger partial charge in [0.05, 0.1) is 6.04 Å². The van der Waals surface area contributed by atoms with Crippen molar-refractivity contribution >= 4 is 41.5 Å². The first kappa shape index (κ1) is 18.2. The molecule has 0 aromatic heterocycles. The Hall–Kier alpha value is -0.890. The van der Waals surface area contributed by atoms with E-state index in [9.17, 15) is 14.4 Å². The molecule has 0 saturated carbocycles. The van der Waals surface area contributed by atoms with Crippen LogP contribution in [0.4, 0.5) is 4.79 Å². The van der Waals surface area contributed by atoms with E-state index in [-0.39, 0.29) is 17.6 Å². The number of carbonyl (C=O) groups is 3. The van der Waals surface area contributed by atoms with Gasteiger partial charge >= 0.3 is 6.09 Å². The lowest BCUT2D eigenvalue weighted by Crippen LogP contribution is -2.47. The van der Waals surface area contributed by atoms with Crippen molar-refractivity contribution in [3.8, 4) is 0 Å². The van der Waals surface area contributed by atoms with Crippen LogP contribution in [0.2, 0.25) is 0 Å². The number of rotatable bonds is 5. The van der Waals surface area contributed by atoms with E-state index in [1.165, 1.54) is 16.7 Å². The summed E-state index contributed by atoms with van der Waals surface area (Å²) in [6.07, 6.45) is 0.0765. The van der Waals surface area contributed by atoms with Gasteiger partial charge in [-0.25, -0.2) is 4.79 Å². The summed E-state index contributed by atoms with van der Waals surface area (Å²) < 4.78 is 5.25. The highest BCUT2D eigenvalue weighted by Gasteiger charge is 2.28. The smallest absolute Gasteiger partial charge is 0.410 e. The maximum absolute atomic E-state index is 12.0. The predicted molar refractivity (Wildman–Crippen MR) is 85.7 cm³/mol. The molecule has 0 aromatic rings. The topological polar surface area (TPSA) is 75.7 Å². The fraction of sp³-hybridized carbons (Fsp3) is 0.769. The summed E-state index contributed by atoms with van der Waals surface area (Å²) in [7, 11) is 0. The Morgan fingerprint density at radius 2 is 2.14 bits per heavy atom. The first-order chi connectivity index (χ1) is 9.73. The molecule has 0 unspecified atom stereocenters. The highest BCUT2D eigenvalue weighted by molar-refractivity contribution is 8.14. The molecule has 0 aliphatic carbocycles. The standard InChI is InChI=1S/C13H22N2O4S2/c1-13(2,3)19-12(18)15(5-6-20)8-10(16)14-9-4-7-21-11(9)17/h9,20H,4-8H2,1-3H3,(H,14,16)/t9-/m0/s1. The van der Waals surface area contributed by atoms with Crippen LogP contribution in [0, 0.1) is 0 Å². The summed E-state index contributed by atoms with van der Waals surface area (Å²) in [4.78, 5) is 36.7. The molecule has 0 aromatic carbocycles. The zero-order chi connectivity index (χ0) is 16.0. The molecule has 0 spiro atoms. The van der Waals surface area contributed by atoms with Crippen LogP contribution in [0.25, 0.3) is 0 Å². The van der Waals surface area contributed by atoms with Crippen molar-refractivity contribution in [3.05, 3.63) is 0 Å². The Labute approximate surface area is 134 Å². The number of carbonyl (C=O) groups excluding carboxylic acids is 3. The minimum Gasteiger partial charge on any atom is -0.444 e. The fourth-order valence-electron chi connectivity index (χ4n) is 1.72. The number of thioether (sulfide) groups is 1. The van der Waals surface area contributed by atoms with Crippen molar-refractivity contribution in [3.63, 3.8) is 0 Å². The second kappa shape index (κ2) is 7.93. The molecule has 1 atom stereocenters. The van der Waals surface area contributed by atoms with Crippen molar-refractivity contribution in [1.29, 1.82) is 0 Å². The minimum absolute atomic E-state index is 0.0265. The van der Waals surface area contributed by atoms with Crippen LogP contribution >= 0.6 is 24.4 Å². The molecule has 1 aliphatic rings. The molecule has 120 valence electrons. The number of nitrogens with zero attached hydrogens (tertiary/aromatic N) is 1. The number of hydrogen-bond acceptors (Lipinski definition) is 6. The number of nitrogens with one attached hydrogen (secondary N) is 1. The van der Waals surface area contributed by atoms with E-state index in [1.54, 1.807) is 20.8 Å². The molecule has 0 radical (unpaired) electrons. The summed E-state index contributed by atoms with van der Waals surface area (Å²) in [5, 5.41) is 2.63. The second-order valence-corrected chi connectivity index (χ2v) is 7.25. The zero-order valence-electron chi connectivity index (χ0n) is 12.5. The van der Waals surface area contributed by atoms with Gasteiger partial charge in [0.1, 0.15) is 12.1 Å². The molecule has 1 aliphatic heterocycles. The molecule has 1 N–H and O–H groups in total. The first-order valence-corrected chi connectivity index (χ1v) is 8.39. The molecule has 1 saturated heterocycles. The molecule has 1 heterocycles. The lowest BCUT2D eigenvalue weighted by molar-refractivity contribution is -0.125. The molecule has 21 heavy (non-hydrogen) atoms. The summed E-state index contributed by atoms with van der Waals surface area (Å²) >= 11 is 5.30. The van der Waals surface area contributed by atoms with Gasteiger partial charge in [-0.1, -0.05) is 11.8 Å². The molecule has 8 heteroatoms. The van der Waals surface area contributed by atoms with E-state index in [1.807, 2.05) is 0 Å². The molecule has 2 amide bonds. The van der Waals surface area contributed by atoms with Gasteiger partial charge in [-0.05, 0) is 27.2 Å². The van der Waals surface area contributed by atoms with Crippen LogP contribution in [0.15, 0.2) is 0 Å². The maximum Gasteiger partial charge on any atom is 0.410 e. The van der Waals surface area contributed by atoms with Crippen LogP contribution < -0.4 is 5.32 Å². The van der Waals surface area contributed by atoms with E-state index in [0.29, 0.717) is 18.7 Å². The monoisotopic (exact) mass is 334 g/mol. The lowest BCUT2D eigenvalue weighted by atomic mass is 10.2.